The van der Waals surface area contributed by atoms with Crippen molar-refractivity contribution >= 4 is 10.9 Å². The number of alkyl halides is 6. The van der Waals surface area contributed by atoms with E-state index in [2.05, 4.69) is 15.1 Å². The molecule has 0 fully saturated rings. The van der Waals surface area contributed by atoms with Gasteiger partial charge < -0.3 is 19.3 Å². The molecular weight excluding hydrogens is 512 g/mol. The highest BCUT2D eigenvalue weighted by Gasteiger charge is 2.33. The molecule has 0 atom stereocenters. The summed E-state index contributed by atoms with van der Waals surface area (Å²) in [7, 11) is 2.79. The molecule has 1 N–H and O–H groups in total. The number of aromatic hydroxyl groups is 1. The summed E-state index contributed by atoms with van der Waals surface area (Å²) in [6.45, 7) is -1.61. The van der Waals surface area contributed by atoms with Gasteiger partial charge in [-0.1, -0.05) is 0 Å². The summed E-state index contributed by atoms with van der Waals surface area (Å²) >= 11 is 0. The van der Waals surface area contributed by atoms with Crippen LogP contribution in [-0.4, -0.2) is 62.6 Å². The van der Waals surface area contributed by atoms with E-state index < -0.39 is 37.3 Å². The Hall–Kier alpha value is -4.17. The number of hydrogen-bond acceptors (Lipinski definition) is 7. The van der Waals surface area contributed by atoms with E-state index in [9.17, 15) is 31.4 Å². The zero-order valence-corrected chi connectivity index (χ0v) is 19.5. The molecule has 0 amide bonds. The first-order valence-corrected chi connectivity index (χ1v) is 10.4. The molecule has 4 aromatic heterocycles. The minimum Gasteiger partial charge on any atom is -0.494 e. The molecule has 9 nitrogen and oxygen atoms in total. The van der Waals surface area contributed by atoms with Gasteiger partial charge in [-0.05, 0) is 24.6 Å². The number of halogens is 6. The molecule has 0 radical (unpaired) electrons. The predicted molar refractivity (Wildman–Crippen MR) is 117 cm³/mol. The number of aromatic nitrogens is 5. The number of fused-ring (bicyclic) bond motifs is 1. The Labute approximate surface area is 204 Å². The van der Waals surface area contributed by atoms with Crippen molar-refractivity contribution in [3.05, 3.63) is 36.3 Å². The fourth-order valence-corrected chi connectivity index (χ4v) is 3.70. The standard InChI is InChI=1S/C22H19F6N5O4/c1-11-4-14(12-5-15(35-2)18(36-3)29-6-12)31-17-16(11)19(34)33(20(17)37-10-22(26,27)28)13-7-30-32(8-13)9-21(23,24)25/h4-8,34H,9-10H2,1-3H3. The van der Waals surface area contributed by atoms with Crippen molar-refractivity contribution in [3.63, 3.8) is 0 Å². The third-order valence-corrected chi connectivity index (χ3v) is 5.18. The summed E-state index contributed by atoms with van der Waals surface area (Å²) in [4.78, 5) is 8.52. The van der Waals surface area contributed by atoms with Crippen molar-refractivity contribution in [1.82, 2.24) is 24.3 Å². The minimum atomic E-state index is -4.75. The van der Waals surface area contributed by atoms with Crippen molar-refractivity contribution in [2.45, 2.75) is 25.8 Å². The van der Waals surface area contributed by atoms with Gasteiger partial charge in [0.15, 0.2) is 12.4 Å². The number of rotatable bonds is 7. The second kappa shape index (κ2) is 9.37. The van der Waals surface area contributed by atoms with Gasteiger partial charge in [0.25, 0.3) is 5.88 Å². The molecule has 198 valence electrons. The lowest BCUT2D eigenvalue weighted by Crippen LogP contribution is -2.20. The quantitative estimate of drug-likeness (QED) is 0.342. The largest absolute Gasteiger partial charge is 0.494 e. The van der Waals surface area contributed by atoms with Crippen molar-refractivity contribution in [2.24, 2.45) is 0 Å². The molecule has 0 unspecified atom stereocenters. The number of aryl methyl sites for hydroxylation is 1. The molecule has 0 aliphatic carbocycles. The van der Waals surface area contributed by atoms with Crippen LogP contribution in [0.2, 0.25) is 0 Å². The second-order valence-corrected chi connectivity index (χ2v) is 7.86. The lowest BCUT2D eigenvalue weighted by atomic mass is 10.1. The van der Waals surface area contributed by atoms with E-state index in [0.717, 1.165) is 17.0 Å². The molecule has 0 saturated heterocycles. The molecule has 0 bridgehead atoms. The average molecular weight is 531 g/mol. The molecule has 4 heterocycles. The summed E-state index contributed by atoms with van der Waals surface area (Å²) in [6.07, 6.45) is -6.07. The summed E-state index contributed by atoms with van der Waals surface area (Å²) in [5.74, 6) is -0.654. The summed E-state index contributed by atoms with van der Waals surface area (Å²) in [5, 5.41) is 14.6. The fraction of sp³-hybridized carbons (Fsp3) is 0.318. The average Bonchev–Trinajstić information content (AvgIpc) is 3.36. The predicted octanol–water partition coefficient (Wildman–Crippen LogP) is 4.82. The first-order valence-electron chi connectivity index (χ1n) is 10.4. The Kier molecular flexibility index (Phi) is 6.56. The molecule has 4 aromatic rings. The van der Waals surface area contributed by atoms with Crippen LogP contribution < -0.4 is 14.2 Å². The maximum absolute atomic E-state index is 13.1. The molecule has 0 aliphatic rings. The Bertz CT molecular complexity index is 1440. The maximum atomic E-state index is 13.1. The number of pyridine rings is 2. The van der Waals surface area contributed by atoms with E-state index in [-0.39, 0.29) is 33.9 Å². The topological polar surface area (TPSA) is 96.5 Å². The van der Waals surface area contributed by atoms with E-state index in [1.54, 1.807) is 19.1 Å². The minimum absolute atomic E-state index is 0.0398. The van der Waals surface area contributed by atoms with E-state index >= 15 is 0 Å². The van der Waals surface area contributed by atoms with Gasteiger partial charge in [-0.25, -0.2) is 14.5 Å². The summed E-state index contributed by atoms with van der Waals surface area (Å²) < 4.78 is 94.3. The summed E-state index contributed by atoms with van der Waals surface area (Å²) in [5.41, 5.74) is 0.737. The van der Waals surface area contributed by atoms with Gasteiger partial charge >= 0.3 is 12.4 Å². The molecule has 0 aliphatic heterocycles. The van der Waals surface area contributed by atoms with Crippen molar-refractivity contribution in [1.29, 1.82) is 0 Å². The number of ether oxygens (including phenoxy) is 3. The lowest BCUT2D eigenvalue weighted by Gasteiger charge is -2.12. The van der Waals surface area contributed by atoms with Crippen molar-refractivity contribution in [3.8, 4) is 40.3 Å². The Morgan fingerprint density at radius 3 is 2.35 bits per heavy atom. The SMILES string of the molecule is COc1cc(-c2cc(C)c3c(O)n(-c4cnn(CC(F)(F)F)c4)c(OCC(F)(F)F)c3n2)cnc1OC. The highest BCUT2D eigenvalue weighted by molar-refractivity contribution is 5.95. The molecule has 0 saturated carbocycles. The molecule has 4 rings (SSSR count). The van der Waals surface area contributed by atoms with Crippen LogP contribution in [-0.2, 0) is 6.54 Å². The van der Waals surface area contributed by atoms with Gasteiger partial charge in [-0.2, -0.15) is 31.4 Å². The first-order chi connectivity index (χ1) is 17.3. The van der Waals surface area contributed by atoms with Crippen molar-refractivity contribution < 1.29 is 45.7 Å². The zero-order valence-electron chi connectivity index (χ0n) is 19.5. The number of methoxy groups -OCH3 is 2. The third kappa shape index (κ3) is 5.34. The molecule has 15 heteroatoms. The highest BCUT2D eigenvalue weighted by Crippen LogP contribution is 2.42. The monoisotopic (exact) mass is 531 g/mol. The van der Waals surface area contributed by atoms with Gasteiger partial charge in [0.2, 0.25) is 11.8 Å². The molecule has 0 aromatic carbocycles. The van der Waals surface area contributed by atoms with Gasteiger partial charge in [-0.15, -0.1) is 0 Å². The van der Waals surface area contributed by atoms with E-state index in [4.69, 9.17) is 14.2 Å². The number of hydrogen-bond donors (Lipinski definition) is 1. The smallest absolute Gasteiger partial charge is 0.422 e. The van der Waals surface area contributed by atoms with Crippen LogP contribution in [0, 0.1) is 6.92 Å². The lowest BCUT2D eigenvalue weighted by molar-refractivity contribution is -0.154. The maximum Gasteiger partial charge on any atom is 0.422 e. The van der Waals surface area contributed by atoms with E-state index in [0.29, 0.717) is 15.8 Å². The fourth-order valence-electron chi connectivity index (χ4n) is 3.70. The normalized spacial score (nSPS) is 12.2. The van der Waals surface area contributed by atoms with E-state index in [1.165, 1.54) is 20.4 Å². The van der Waals surface area contributed by atoms with Crippen LogP contribution >= 0.6 is 0 Å². The Morgan fingerprint density at radius 2 is 1.73 bits per heavy atom. The van der Waals surface area contributed by atoms with Crippen LogP contribution in [0.4, 0.5) is 26.3 Å². The second-order valence-electron chi connectivity index (χ2n) is 7.86. The van der Waals surface area contributed by atoms with Gasteiger partial charge in [0.1, 0.15) is 12.1 Å². The first kappa shape index (κ1) is 25.9. The summed E-state index contributed by atoms with van der Waals surface area (Å²) in [6, 6.07) is 3.10. The van der Waals surface area contributed by atoms with Gasteiger partial charge in [0, 0.05) is 18.0 Å². The van der Waals surface area contributed by atoms with Crippen molar-refractivity contribution in [2.75, 3.05) is 20.8 Å². The Morgan fingerprint density at radius 1 is 1.00 bits per heavy atom. The number of nitrogens with zero attached hydrogens (tertiary/aromatic N) is 5. The third-order valence-electron chi connectivity index (χ3n) is 5.18. The van der Waals surface area contributed by atoms with Gasteiger partial charge in [0.05, 0.1) is 37.2 Å². The molecule has 37 heavy (non-hydrogen) atoms. The van der Waals surface area contributed by atoms with Crippen LogP contribution in [0.3, 0.4) is 0 Å². The zero-order chi connectivity index (χ0) is 27.1. The van der Waals surface area contributed by atoms with Crippen LogP contribution in [0.1, 0.15) is 5.56 Å². The molecular formula is C22H19F6N5O4. The van der Waals surface area contributed by atoms with E-state index in [1.807, 2.05) is 0 Å². The molecule has 0 spiro atoms. The van der Waals surface area contributed by atoms with Crippen LogP contribution in [0.25, 0.3) is 27.8 Å². The van der Waals surface area contributed by atoms with Gasteiger partial charge in [-0.3, -0.25) is 4.68 Å². The van der Waals surface area contributed by atoms with Crippen LogP contribution in [0.15, 0.2) is 30.7 Å². The Balaban J connectivity index is 1.92. The highest BCUT2D eigenvalue weighted by atomic mass is 19.4. The van der Waals surface area contributed by atoms with Crippen LogP contribution in [0.5, 0.6) is 23.4 Å².